The zero-order chi connectivity index (χ0) is 13.6. The molecule has 0 unspecified atom stereocenters. The zero-order valence-corrected chi connectivity index (χ0v) is 10.9. The Kier molecular flexibility index (Phi) is 5.11. The van der Waals surface area contributed by atoms with Gasteiger partial charge in [-0.25, -0.2) is 24.1 Å². The van der Waals surface area contributed by atoms with Gasteiger partial charge in [-0.1, -0.05) is 30.3 Å². The van der Waals surface area contributed by atoms with E-state index in [1.165, 1.54) is 0 Å². The maximum absolute atomic E-state index is 11.4. The molecule has 100 valence electrons. The lowest BCUT2D eigenvalue weighted by atomic mass is 10.2. The first-order valence-electron chi connectivity index (χ1n) is 5.29. The van der Waals surface area contributed by atoms with Crippen LogP contribution in [-0.4, -0.2) is 38.1 Å². The smallest absolute Gasteiger partial charge is 0.424 e. The maximum Gasteiger partial charge on any atom is 0.424 e. The van der Waals surface area contributed by atoms with Gasteiger partial charge >= 0.3 is 6.09 Å². The van der Waals surface area contributed by atoms with Gasteiger partial charge in [0.25, 0.3) is 0 Å². The Bertz CT molecular complexity index is 487. The molecule has 18 heavy (non-hydrogen) atoms. The minimum atomic E-state index is -3.15. The summed E-state index contributed by atoms with van der Waals surface area (Å²) in [6.45, 7) is 0.0126. The van der Waals surface area contributed by atoms with Crippen molar-refractivity contribution in [3.05, 3.63) is 35.9 Å². The van der Waals surface area contributed by atoms with Crippen LogP contribution in [-0.2, 0) is 21.2 Å². The SMILES string of the molecule is CS(=O)(=O)CCN(N)C(=O)OCc1ccccc1. The first-order valence-corrected chi connectivity index (χ1v) is 7.35. The molecule has 0 bridgehead atoms. The average molecular weight is 272 g/mol. The van der Waals surface area contributed by atoms with Gasteiger partial charge in [-0.15, -0.1) is 0 Å². The number of hydrogen-bond acceptors (Lipinski definition) is 5. The lowest BCUT2D eigenvalue weighted by molar-refractivity contribution is 0.0984. The van der Waals surface area contributed by atoms with Crippen LogP contribution in [0.15, 0.2) is 30.3 Å². The van der Waals surface area contributed by atoms with Crippen molar-refractivity contribution >= 4 is 15.9 Å². The first kappa shape index (κ1) is 14.5. The third-order valence-electron chi connectivity index (χ3n) is 2.14. The molecule has 6 nitrogen and oxygen atoms in total. The standard InChI is InChI=1S/C11H16N2O4S/c1-18(15,16)8-7-13(12)11(14)17-9-10-5-3-2-4-6-10/h2-6H,7-9,12H2,1H3. The highest BCUT2D eigenvalue weighted by Gasteiger charge is 2.13. The molecule has 0 aliphatic heterocycles. The predicted molar refractivity (Wildman–Crippen MR) is 67.2 cm³/mol. The molecule has 2 N–H and O–H groups in total. The van der Waals surface area contributed by atoms with E-state index in [-0.39, 0.29) is 18.9 Å². The Morgan fingerprint density at radius 1 is 1.33 bits per heavy atom. The fourth-order valence-electron chi connectivity index (χ4n) is 1.16. The molecule has 0 radical (unpaired) electrons. The molecule has 7 heteroatoms. The van der Waals surface area contributed by atoms with E-state index in [0.29, 0.717) is 0 Å². The first-order chi connectivity index (χ1) is 8.38. The predicted octanol–water partition coefficient (Wildman–Crippen LogP) is 0.543. The van der Waals surface area contributed by atoms with E-state index < -0.39 is 15.9 Å². The van der Waals surface area contributed by atoms with Crippen molar-refractivity contribution in [3.63, 3.8) is 0 Å². The number of amides is 1. The monoisotopic (exact) mass is 272 g/mol. The maximum atomic E-state index is 11.4. The molecule has 0 fully saturated rings. The van der Waals surface area contributed by atoms with Crippen LogP contribution in [0.4, 0.5) is 4.79 Å². The molecular formula is C11H16N2O4S. The number of sulfone groups is 1. The van der Waals surface area contributed by atoms with Crippen LogP contribution in [0.2, 0.25) is 0 Å². The van der Waals surface area contributed by atoms with E-state index >= 15 is 0 Å². The summed E-state index contributed by atoms with van der Waals surface area (Å²) >= 11 is 0. The van der Waals surface area contributed by atoms with Crippen LogP contribution in [0.5, 0.6) is 0 Å². The Balaban J connectivity index is 2.37. The van der Waals surface area contributed by atoms with Gasteiger partial charge in [0.1, 0.15) is 16.4 Å². The molecule has 1 aromatic carbocycles. The van der Waals surface area contributed by atoms with E-state index in [0.717, 1.165) is 16.8 Å². The van der Waals surface area contributed by atoms with Crippen LogP contribution in [0.1, 0.15) is 5.56 Å². The van der Waals surface area contributed by atoms with Gasteiger partial charge in [0.15, 0.2) is 0 Å². The third-order valence-corrected chi connectivity index (χ3v) is 3.07. The molecule has 0 atom stereocenters. The Hall–Kier alpha value is -1.60. The highest BCUT2D eigenvalue weighted by molar-refractivity contribution is 7.90. The Morgan fingerprint density at radius 2 is 1.94 bits per heavy atom. The number of hydrazine groups is 1. The fraction of sp³-hybridized carbons (Fsp3) is 0.364. The number of hydrogen-bond donors (Lipinski definition) is 1. The second-order valence-corrected chi connectivity index (χ2v) is 6.12. The summed E-state index contributed by atoms with van der Waals surface area (Å²) in [5.74, 6) is 5.19. The van der Waals surface area contributed by atoms with Gasteiger partial charge in [0.05, 0.1) is 12.3 Å². The van der Waals surface area contributed by atoms with Crippen molar-refractivity contribution < 1.29 is 17.9 Å². The van der Waals surface area contributed by atoms with E-state index in [2.05, 4.69) is 0 Å². The van der Waals surface area contributed by atoms with Crippen molar-refractivity contribution in [2.45, 2.75) is 6.61 Å². The van der Waals surface area contributed by atoms with Crippen molar-refractivity contribution in [2.75, 3.05) is 18.6 Å². The molecule has 1 aromatic rings. The summed E-state index contributed by atoms with van der Waals surface area (Å²) in [5.41, 5.74) is 0.836. The molecule has 0 saturated carbocycles. The van der Waals surface area contributed by atoms with Gasteiger partial charge in [-0.2, -0.15) is 0 Å². The number of ether oxygens (including phenoxy) is 1. The van der Waals surface area contributed by atoms with Gasteiger partial charge in [0, 0.05) is 6.26 Å². The summed E-state index contributed by atoms with van der Waals surface area (Å²) < 4.78 is 26.7. The molecule has 1 rings (SSSR count). The second kappa shape index (κ2) is 6.36. The van der Waals surface area contributed by atoms with Gasteiger partial charge < -0.3 is 4.74 Å². The topological polar surface area (TPSA) is 89.7 Å². The molecule has 1 amide bonds. The minimum absolute atomic E-state index is 0.0908. The lowest BCUT2D eigenvalue weighted by Crippen LogP contribution is -2.40. The number of rotatable bonds is 5. The van der Waals surface area contributed by atoms with Crippen LogP contribution in [0, 0.1) is 0 Å². The summed E-state index contributed by atoms with van der Waals surface area (Å²) in [4.78, 5) is 11.4. The zero-order valence-electron chi connectivity index (χ0n) is 10.1. The van der Waals surface area contributed by atoms with E-state index in [9.17, 15) is 13.2 Å². The van der Waals surface area contributed by atoms with Crippen LogP contribution < -0.4 is 5.84 Å². The average Bonchev–Trinajstić information content (AvgIpc) is 2.33. The molecule has 0 aliphatic carbocycles. The lowest BCUT2D eigenvalue weighted by Gasteiger charge is -2.15. The van der Waals surface area contributed by atoms with E-state index in [4.69, 9.17) is 10.6 Å². The molecule has 0 saturated heterocycles. The molecule has 0 aromatic heterocycles. The van der Waals surface area contributed by atoms with Crippen molar-refractivity contribution in [3.8, 4) is 0 Å². The van der Waals surface area contributed by atoms with Gasteiger partial charge in [-0.05, 0) is 5.56 Å². The third kappa shape index (κ3) is 5.65. The van der Waals surface area contributed by atoms with Crippen LogP contribution >= 0.6 is 0 Å². The largest absolute Gasteiger partial charge is 0.444 e. The number of carbonyl (C=O) groups is 1. The highest BCUT2D eigenvalue weighted by atomic mass is 32.2. The van der Waals surface area contributed by atoms with Crippen molar-refractivity contribution in [2.24, 2.45) is 5.84 Å². The second-order valence-electron chi connectivity index (χ2n) is 3.86. The fourth-order valence-corrected chi connectivity index (χ4v) is 1.69. The van der Waals surface area contributed by atoms with Gasteiger partial charge in [-0.3, -0.25) is 0 Å². The Morgan fingerprint density at radius 3 is 2.50 bits per heavy atom. The summed E-state index contributed by atoms with van der Waals surface area (Å²) in [7, 11) is -3.15. The molecule has 0 aliphatic rings. The Labute approximate surface area is 106 Å². The number of benzene rings is 1. The number of nitrogens with two attached hydrogens (primary N) is 1. The molecule has 0 heterocycles. The van der Waals surface area contributed by atoms with Gasteiger partial charge in [0.2, 0.25) is 0 Å². The normalized spacial score (nSPS) is 11.0. The van der Waals surface area contributed by atoms with Crippen LogP contribution in [0.3, 0.4) is 0 Å². The van der Waals surface area contributed by atoms with Crippen molar-refractivity contribution in [1.29, 1.82) is 0 Å². The molecular weight excluding hydrogens is 256 g/mol. The number of nitrogens with zero attached hydrogens (tertiary/aromatic N) is 1. The van der Waals surface area contributed by atoms with Crippen LogP contribution in [0.25, 0.3) is 0 Å². The van der Waals surface area contributed by atoms with E-state index in [1.807, 2.05) is 30.3 Å². The highest BCUT2D eigenvalue weighted by Crippen LogP contribution is 2.01. The van der Waals surface area contributed by atoms with E-state index in [1.54, 1.807) is 0 Å². The molecule has 0 spiro atoms. The summed E-state index contributed by atoms with van der Waals surface area (Å²) in [5, 5.41) is 0.754. The van der Waals surface area contributed by atoms with Crippen molar-refractivity contribution in [1.82, 2.24) is 5.01 Å². The minimum Gasteiger partial charge on any atom is -0.444 e. The summed E-state index contributed by atoms with van der Waals surface area (Å²) in [6, 6.07) is 9.13. The summed E-state index contributed by atoms with van der Waals surface area (Å²) in [6.07, 6.45) is 0.332. The number of carbonyl (C=O) groups excluding carboxylic acids is 1. The quantitative estimate of drug-likeness (QED) is 0.480.